The average Bonchev–Trinajstić information content (AvgIpc) is 3.84. The van der Waals surface area contributed by atoms with E-state index in [-0.39, 0.29) is 55.4 Å². The van der Waals surface area contributed by atoms with E-state index in [4.69, 9.17) is 4.74 Å². The smallest absolute Gasteiger partial charge is 0.261 e. The second-order valence-electron chi connectivity index (χ2n) is 24.6. The highest BCUT2D eigenvalue weighted by atomic mass is 16.7. The fraction of sp³-hybridized carbons (Fsp3) is 0.897. The number of rotatable bonds is 40. The third-order valence-electron chi connectivity index (χ3n) is 17.0. The van der Waals surface area contributed by atoms with Gasteiger partial charge in [-0.15, -0.1) is 0 Å². The number of carbonyl (C=O) groups excluding carboxylic acids is 2. The first-order valence-electron chi connectivity index (χ1n) is 29.7. The number of hydrogen-bond donors (Lipinski definition) is 20. The van der Waals surface area contributed by atoms with Crippen LogP contribution in [0.25, 0.3) is 0 Å². The van der Waals surface area contributed by atoms with E-state index in [1.807, 2.05) is 13.8 Å². The van der Waals surface area contributed by atoms with Crippen molar-refractivity contribution in [3.63, 3.8) is 0 Å². The number of carbonyl (C=O) groups is 2. The largest absolute Gasteiger partial charge is 0.507 e. The molecule has 0 aliphatic carbocycles. The fourth-order valence-electron chi connectivity index (χ4n) is 11.4. The molecule has 0 aromatic carbocycles. The summed E-state index contributed by atoms with van der Waals surface area (Å²) in [7, 11) is 1.46. The Kier molecular flexibility index (Phi) is 33.3. The monoisotopic (exact) mass is 1190 g/mol. The highest BCUT2D eigenvalue weighted by Crippen LogP contribution is 2.36. The summed E-state index contributed by atoms with van der Waals surface area (Å²) in [6.07, 6.45) is -25.5. The molecule has 0 spiro atoms. The van der Waals surface area contributed by atoms with Gasteiger partial charge < -0.3 is 112 Å². The summed E-state index contributed by atoms with van der Waals surface area (Å²) in [4.78, 5) is 25.8. The molecule has 2 aliphatic heterocycles. The van der Waals surface area contributed by atoms with Gasteiger partial charge in [-0.05, 0) is 69.3 Å². The zero-order chi connectivity index (χ0) is 62.7. The lowest BCUT2D eigenvalue weighted by molar-refractivity contribution is -0.356. The molecule has 0 aromatic rings. The van der Waals surface area contributed by atoms with Crippen molar-refractivity contribution in [1.82, 2.24) is 4.90 Å². The quantitative estimate of drug-likeness (QED) is 0.0145. The number of unbranched alkanes of at least 4 members (excludes halogenated alkanes) is 7. The SMILES string of the molecule is CCCCCCCCCCC(O)C[C@]1(O)O[C@H](CC(O)C(O)C(O)C(O)C(O)CC(O)CC(O)CC(O)CC(O)C(C)C(O)C(C)C(O)CC(O)C(C)C(O)C(O)CC(C)CC(C)/C=C(C)/C(O)=C2/C(=O)CN(C)C2=O)[C@@H](O)[C@H](O)[C@@H]1O. The summed E-state index contributed by atoms with van der Waals surface area (Å²) in [6.45, 7) is 11.7. The van der Waals surface area contributed by atoms with Crippen molar-refractivity contribution in [1.29, 1.82) is 0 Å². The zero-order valence-electron chi connectivity index (χ0n) is 49.5. The van der Waals surface area contributed by atoms with Crippen LogP contribution in [0.5, 0.6) is 0 Å². The predicted octanol–water partition coefficient (Wildman–Crippen LogP) is -1.41. The van der Waals surface area contributed by atoms with Crippen molar-refractivity contribution in [2.75, 3.05) is 13.6 Å². The number of likely N-dealkylation sites (tertiary alicyclic amines) is 1. The number of ketones is 1. The summed E-state index contributed by atoms with van der Waals surface area (Å²) in [5.41, 5.74) is 0.0812. The van der Waals surface area contributed by atoms with Gasteiger partial charge in [-0.1, -0.05) is 99.0 Å². The number of Topliss-reactive ketones (excluding diaryl/α,β-unsaturated/α-hetero) is 1. The van der Waals surface area contributed by atoms with Crippen LogP contribution in [0.15, 0.2) is 23.0 Å². The average molecular weight is 1190 g/mol. The third kappa shape index (κ3) is 23.4. The van der Waals surface area contributed by atoms with Crippen LogP contribution in [0.1, 0.15) is 164 Å². The molecule has 24 nitrogen and oxygen atoms in total. The van der Waals surface area contributed by atoms with Crippen molar-refractivity contribution in [3.05, 3.63) is 23.0 Å². The Bertz CT molecular complexity index is 1920. The number of nitrogens with zero attached hydrogens (tertiary/aromatic N) is 1. The molecule has 0 aromatic heterocycles. The van der Waals surface area contributed by atoms with E-state index in [1.54, 1.807) is 13.0 Å². The molecule has 1 amide bonds. The number of allylic oxidation sites excluding steroid dienone is 2. The minimum absolute atomic E-state index is 0.120. The van der Waals surface area contributed by atoms with Crippen LogP contribution in [0.2, 0.25) is 0 Å². The first-order valence-corrected chi connectivity index (χ1v) is 29.7. The highest BCUT2D eigenvalue weighted by molar-refractivity contribution is 6.25. The summed E-state index contributed by atoms with van der Waals surface area (Å²) >= 11 is 0. The van der Waals surface area contributed by atoms with Crippen LogP contribution in [0.3, 0.4) is 0 Å². The molecule has 20 N–H and O–H groups in total. The van der Waals surface area contributed by atoms with Crippen molar-refractivity contribution >= 4 is 11.7 Å². The zero-order valence-corrected chi connectivity index (χ0v) is 49.5. The third-order valence-corrected chi connectivity index (χ3v) is 17.0. The van der Waals surface area contributed by atoms with Gasteiger partial charge in [0.25, 0.3) is 5.91 Å². The van der Waals surface area contributed by atoms with Crippen LogP contribution < -0.4 is 0 Å². The van der Waals surface area contributed by atoms with Gasteiger partial charge >= 0.3 is 0 Å². The minimum Gasteiger partial charge on any atom is -0.507 e. The Balaban J connectivity index is 1.83. The molecule has 25 atom stereocenters. The molecule has 0 radical (unpaired) electrons. The molecule has 2 rings (SSSR count). The van der Waals surface area contributed by atoms with Crippen LogP contribution in [-0.2, 0) is 14.3 Å². The maximum absolute atomic E-state index is 12.3. The number of hydrogen-bond acceptors (Lipinski definition) is 23. The Hall–Kier alpha value is -2.38. The van der Waals surface area contributed by atoms with Gasteiger partial charge in [0.2, 0.25) is 0 Å². The normalized spacial score (nSPS) is 28.3. The summed E-state index contributed by atoms with van der Waals surface area (Å²) < 4.78 is 5.50. The molecule has 82 heavy (non-hydrogen) atoms. The van der Waals surface area contributed by atoms with E-state index in [0.29, 0.717) is 18.4 Å². The van der Waals surface area contributed by atoms with Crippen LogP contribution in [0.4, 0.5) is 0 Å². The number of amides is 1. The fourth-order valence-corrected chi connectivity index (χ4v) is 11.4. The molecule has 482 valence electrons. The molecular weight excluding hydrogens is 1080 g/mol. The molecule has 2 aliphatic rings. The van der Waals surface area contributed by atoms with Crippen molar-refractivity contribution in [2.24, 2.45) is 29.6 Å². The minimum atomic E-state index is -2.59. The van der Waals surface area contributed by atoms with E-state index in [1.165, 1.54) is 39.1 Å². The van der Waals surface area contributed by atoms with E-state index < -0.39 is 183 Å². The first-order chi connectivity index (χ1) is 38.1. The summed E-state index contributed by atoms with van der Waals surface area (Å²) in [6, 6.07) is 0. The van der Waals surface area contributed by atoms with Gasteiger partial charge in [-0.2, -0.15) is 0 Å². The molecule has 2 fully saturated rings. The van der Waals surface area contributed by atoms with Gasteiger partial charge in [0.1, 0.15) is 48.0 Å². The molecule has 20 unspecified atom stereocenters. The lowest BCUT2D eigenvalue weighted by atomic mass is 9.80. The van der Waals surface area contributed by atoms with E-state index >= 15 is 0 Å². The van der Waals surface area contributed by atoms with Gasteiger partial charge in [0, 0.05) is 44.1 Å². The predicted molar refractivity (Wildman–Crippen MR) is 299 cm³/mol. The first kappa shape index (κ1) is 75.7. The van der Waals surface area contributed by atoms with Gasteiger partial charge in [0.05, 0.1) is 85.9 Å². The van der Waals surface area contributed by atoms with Crippen molar-refractivity contribution < 1.29 is 116 Å². The molecule has 0 saturated carbocycles. The lowest BCUT2D eigenvalue weighted by Gasteiger charge is -2.47. The lowest BCUT2D eigenvalue weighted by Crippen LogP contribution is -2.65. The number of aliphatic hydroxyl groups excluding tert-OH is 19. The van der Waals surface area contributed by atoms with Crippen molar-refractivity contribution in [2.45, 2.75) is 286 Å². The van der Waals surface area contributed by atoms with Gasteiger partial charge in [0.15, 0.2) is 11.6 Å². The van der Waals surface area contributed by atoms with Crippen LogP contribution >= 0.6 is 0 Å². The number of ether oxygens (including phenoxy) is 1. The standard InChI is InChI=1S/C58H107NO23/c1-9-10-11-12-13-14-15-16-17-35(60)27-58(81)56(79)55(78)53(76)46(82-58)26-44(69)52(75)54(77)51(74)43(68)24-38(63)22-36(61)21-37(62)23-39(64)32(5)49(72)33(6)40(65)25-41(66)34(7)50(73)42(67)20-30(3)18-29(2)19-31(4)48(71)47-45(70)28-59(8)57(47)80/h19,29-30,32-44,46,49-56,60-69,71-79,81H,9-18,20-28H2,1-8H3/b31-19+,48-47+/t29?,30?,32?,33?,34?,35?,36?,37?,38?,39?,40?,41?,42?,43?,44?,46-,49?,50?,51?,52?,53-,54?,55+,56+,58+/m1/s1. The maximum Gasteiger partial charge on any atom is 0.261 e. The molecule has 2 heterocycles. The molecule has 2 saturated heterocycles. The van der Waals surface area contributed by atoms with Gasteiger partial charge in [-0.25, -0.2) is 0 Å². The van der Waals surface area contributed by atoms with Crippen LogP contribution in [0, 0.1) is 29.6 Å². The summed E-state index contributed by atoms with van der Waals surface area (Å²) in [5.74, 6) is -7.23. The second-order valence-corrected chi connectivity index (χ2v) is 24.6. The van der Waals surface area contributed by atoms with E-state index in [0.717, 1.165) is 38.5 Å². The van der Waals surface area contributed by atoms with Gasteiger partial charge in [-0.3, -0.25) is 9.59 Å². The number of aliphatic hydroxyl groups is 20. The Morgan fingerprint density at radius 1 is 0.573 bits per heavy atom. The molecule has 24 heteroatoms. The van der Waals surface area contributed by atoms with Crippen molar-refractivity contribution in [3.8, 4) is 0 Å². The number of likely N-dealkylation sites (N-methyl/N-ethyl adjacent to an activating group) is 1. The topological polar surface area (TPSA) is 451 Å². The molecular formula is C58H107NO23. The Labute approximate surface area is 483 Å². The Morgan fingerprint density at radius 2 is 1.04 bits per heavy atom. The summed E-state index contributed by atoms with van der Waals surface area (Å²) in [5, 5.41) is 216. The highest BCUT2D eigenvalue weighted by Gasteiger charge is 2.54. The maximum atomic E-state index is 12.3. The van der Waals surface area contributed by atoms with E-state index in [9.17, 15) is 112 Å². The molecule has 0 bridgehead atoms. The van der Waals surface area contributed by atoms with E-state index in [2.05, 4.69) is 6.92 Å². The second kappa shape index (κ2) is 36.1. The van der Waals surface area contributed by atoms with Crippen LogP contribution in [-0.4, -0.2) is 254 Å². The Morgan fingerprint density at radius 3 is 1.56 bits per heavy atom.